The Bertz CT molecular complexity index is 560. The average molecular weight is 291 g/mol. The zero-order chi connectivity index (χ0) is 15.8. The van der Waals surface area contributed by atoms with Gasteiger partial charge in [-0.25, -0.2) is 4.79 Å². The number of hydrogen-bond acceptors (Lipinski definition) is 4. The smallest absolute Gasteiger partial charge is 0.352 e. The molecule has 0 spiro atoms. The van der Waals surface area contributed by atoms with Gasteiger partial charge in [0.2, 0.25) is 5.91 Å². The lowest BCUT2D eigenvalue weighted by molar-refractivity contribution is -0.135. The zero-order valence-electron chi connectivity index (χ0n) is 11.9. The average Bonchev–Trinajstić information content (AvgIpc) is 2.39. The highest BCUT2D eigenvalue weighted by Crippen LogP contribution is 2.15. The lowest BCUT2D eigenvalue weighted by Crippen LogP contribution is -2.24. The number of rotatable bonds is 6. The summed E-state index contributed by atoms with van der Waals surface area (Å²) in [5.41, 5.74) is 0.342. The summed E-state index contributed by atoms with van der Waals surface area (Å²) in [6, 6.07) is 6.32. The summed E-state index contributed by atoms with van der Waals surface area (Å²) < 4.78 is 5.08. The molecular formula is C15H17NO5. The van der Waals surface area contributed by atoms with Crippen LogP contribution in [0.3, 0.4) is 0 Å². The van der Waals surface area contributed by atoms with Crippen molar-refractivity contribution in [2.75, 3.05) is 0 Å². The normalized spacial score (nSPS) is 10.9. The van der Waals surface area contributed by atoms with Gasteiger partial charge in [0.15, 0.2) is 0 Å². The topological polar surface area (TPSA) is 92.7 Å². The molecule has 0 aliphatic heterocycles. The van der Waals surface area contributed by atoms with Crippen LogP contribution in [0, 0.1) is 0 Å². The van der Waals surface area contributed by atoms with Gasteiger partial charge in [-0.3, -0.25) is 9.59 Å². The van der Waals surface area contributed by atoms with Gasteiger partial charge in [-0.2, -0.15) is 0 Å². The largest absolute Gasteiger partial charge is 0.477 e. The lowest BCUT2D eigenvalue weighted by atomic mass is 10.2. The SMILES string of the molecule is CCCC(=O)Oc1ccc(C=C(NC(C)=O)C(=O)O)cc1. The minimum absolute atomic E-state index is 0.224. The molecule has 0 aromatic heterocycles. The molecule has 0 aliphatic carbocycles. The fraction of sp³-hybridized carbons (Fsp3) is 0.267. The summed E-state index contributed by atoms with van der Waals surface area (Å²) in [7, 11) is 0. The van der Waals surface area contributed by atoms with Crippen LogP contribution in [-0.4, -0.2) is 23.0 Å². The molecule has 0 atom stereocenters. The van der Waals surface area contributed by atoms with Crippen LogP contribution in [-0.2, 0) is 14.4 Å². The third-order valence-corrected chi connectivity index (χ3v) is 2.42. The lowest BCUT2D eigenvalue weighted by Gasteiger charge is -2.05. The fourth-order valence-electron chi connectivity index (χ4n) is 1.53. The van der Waals surface area contributed by atoms with Gasteiger partial charge in [0.25, 0.3) is 0 Å². The van der Waals surface area contributed by atoms with Crippen LogP contribution >= 0.6 is 0 Å². The Hall–Kier alpha value is -2.63. The molecule has 1 aromatic carbocycles. The molecular weight excluding hydrogens is 274 g/mol. The standard InChI is InChI=1S/C15H17NO5/c1-3-4-14(18)21-12-7-5-11(6-8-12)9-13(15(19)20)16-10(2)17/h5-9H,3-4H2,1-2H3,(H,16,17)(H,19,20). The summed E-state index contributed by atoms with van der Waals surface area (Å²) >= 11 is 0. The minimum Gasteiger partial charge on any atom is -0.477 e. The Morgan fingerprint density at radius 2 is 1.86 bits per heavy atom. The predicted molar refractivity (Wildman–Crippen MR) is 76.4 cm³/mol. The van der Waals surface area contributed by atoms with E-state index in [1.165, 1.54) is 13.0 Å². The van der Waals surface area contributed by atoms with Gasteiger partial charge in [0.1, 0.15) is 11.4 Å². The van der Waals surface area contributed by atoms with Crippen molar-refractivity contribution in [1.29, 1.82) is 0 Å². The van der Waals surface area contributed by atoms with Gasteiger partial charge in [0, 0.05) is 13.3 Å². The summed E-state index contributed by atoms with van der Waals surface area (Å²) in [5.74, 6) is -1.62. The molecule has 2 N–H and O–H groups in total. The number of carboxylic acids is 1. The first-order valence-electron chi connectivity index (χ1n) is 6.45. The number of hydrogen-bond donors (Lipinski definition) is 2. The van der Waals surface area contributed by atoms with Crippen molar-refractivity contribution >= 4 is 23.9 Å². The molecule has 112 valence electrons. The highest BCUT2D eigenvalue weighted by atomic mass is 16.5. The van der Waals surface area contributed by atoms with E-state index in [1.54, 1.807) is 24.3 Å². The van der Waals surface area contributed by atoms with E-state index in [0.29, 0.717) is 24.2 Å². The maximum Gasteiger partial charge on any atom is 0.352 e. The highest BCUT2D eigenvalue weighted by molar-refractivity contribution is 5.96. The summed E-state index contributed by atoms with van der Waals surface area (Å²) in [5, 5.41) is 11.2. The molecule has 21 heavy (non-hydrogen) atoms. The fourth-order valence-corrected chi connectivity index (χ4v) is 1.53. The van der Waals surface area contributed by atoms with Gasteiger partial charge >= 0.3 is 11.9 Å². The van der Waals surface area contributed by atoms with E-state index in [0.717, 1.165) is 0 Å². The first kappa shape index (κ1) is 16.4. The molecule has 1 amide bonds. The molecule has 0 bridgehead atoms. The number of carbonyl (C=O) groups excluding carboxylic acids is 2. The Kier molecular flexibility index (Phi) is 6.13. The van der Waals surface area contributed by atoms with Gasteiger partial charge in [-0.05, 0) is 30.2 Å². The number of carbonyl (C=O) groups is 3. The van der Waals surface area contributed by atoms with Crippen molar-refractivity contribution < 1.29 is 24.2 Å². The van der Waals surface area contributed by atoms with E-state index in [1.807, 2.05) is 6.92 Å². The number of aliphatic carboxylic acids is 1. The third kappa shape index (κ3) is 5.90. The Balaban J connectivity index is 2.83. The van der Waals surface area contributed by atoms with E-state index in [-0.39, 0.29) is 11.7 Å². The molecule has 0 fully saturated rings. The van der Waals surface area contributed by atoms with E-state index in [9.17, 15) is 14.4 Å². The monoisotopic (exact) mass is 291 g/mol. The van der Waals surface area contributed by atoms with Crippen molar-refractivity contribution in [3.63, 3.8) is 0 Å². The van der Waals surface area contributed by atoms with E-state index in [4.69, 9.17) is 9.84 Å². The number of amides is 1. The number of ether oxygens (including phenoxy) is 1. The van der Waals surface area contributed by atoms with Crippen molar-refractivity contribution in [3.05, 3.63) is 35.5 Å². The van der Waals surface area contributed by atoms with Gasteiger partial charge < -0.3 is 15.2 Å². The second-order valence-corrected chi connectivity index (χ2v) is 4.34. The van der Waals surface area contributed by atoms with Crippen LogP contribution in [0.4, 0.5) is 0 Å². The Labute approximate surface area is 122 Å². The van der Waals surface area contributed by atoms with E-state index in [2.05, 4.69) is 5.32 Å². The van der Waals surface area contributed by atoms with Crippen LogP contribution < -0.4 is 10.1 Å². The summed E-state index contributed by atoms with van der Waals surface area (Å²) in [6.45, 7) is 3.11. The third-order valence-electron chi connectivity index (χ3n) is 2.42. The van der Waals surface area contributed by atoms with Crippen LogP contribution in [0.15, 0.2) is 30.0 Å². The first-order valence-corrected chi connectivity index (χ1v) is 6.45. The zero-order valence-corrected chi connectivity index (χ0v) is 11.9. The minimum atomic E-state index is -1.23. The van der Waals surface area contributed by atoms with Crippen molar-refractivity contribution in [2.45, 2.75) is 26.7 Å². The highest BCUT2D eigenvalue weighted by Gasteiger charge is 2.09. The van der Waals surface area contributed by atoms with E-state index >= 15 is 0 Å². The van der Waals surface area contributed by atoms with Crippen molar-refractivity contribution in [1.82, 2.24) is 5.32 Å². The number of nitrogens with one attached hydrogen (secondary N) is 1. The van der Waals surface area contributed by atoms with Gasteiger partial charge in [0.05, 0.1) is 0 Å². The molecule has 0 aliphatic rings. The Morgan fingerprint density at radius 3 is 2.33 bits per heavy atom. The Morgan fingerprint density at radius 1 is 1.24 bits per heavy atom. The second-order valence-electron chi connectivity index (χ2n) is 4.34. The molecule has 1 aromatic rings. The maximum absolute atomic E-state index is 11.3. The number of carboxylic acid groups (broad SMARTS) is 1. The molecule has 0 unspecified atom stereocenters. The molecule has 6 heteroatoms. The van der Waals surface area contributed by atoms with Crippen LogP contribution in [0.5, 0.6) is 5.75 Å². The van der Waals surface area contributed by atoms with Gasteiger partial charge in [-0.15, -0.1) is 0 Å². The molecule has 0 saturated carbocycles. The first-order chi connectivity index (χ1) is 9.92. The van der Waals surface area contributed by atoms with E-state index < -0.39 is 11.9 Å². The van der Waals surface area contributed by atoms with Crippen molar-refractivity contribution in [3.8, 4) is 5.75 Å². The predicted octanol–water partition coefficient (Wildman–Crippen LogP) is 1.95. The molecule has 1 rings (SSSR count). The second kappa shape index (κ2) is 7.84. The number of esters is 1. The van der Waals surface area contributed by atoms with Crippen LogP contribution in [0.2, 0.25) is 0 Å². The van der Waals surface area contributed by atoms with Crippen LogP contribution in [0.1, 0.15) is 32.3 Å². The molecule has 0 heterocycles. The molecule has 0 radical (unpaired) electrons. The molecule has 0 saturated heterocycles. The summed E-state index contributed by atoms with van der Waals surface area (Å²) in [4.78, 5) is 33.2. The van der Waals surface area contributed by atoms with Crippen molar-refractivity contribution in [2.24, 2.45) is 0 Å². The summed E-state index contributed by atoms with van der Waals surface area (Å²) in [6.07, 6.45) is 2.37. The quantitative estimate of drug-likeness (QED) is 0.475. The number of benzene rings is 1. The van der Waals surface area contributed by atoms with Gasteiger partial charge in [-0.1, -0.05) is 19.1 Å². The van der Waals surface area contributed by atoms with Crippen LogP contribution in [0.25, 0.3) is 6.08 Å². The molecule has 6 nitrogen and oxygen atoms in total. The maximum atomic E-state index is 11.3.